The number of nitrogen functional groups attached to an aromatic ring is 1. The Hall–Kier alpha value is -3.37. The molecule has 1 fully saturated rings. The number of rotatable bonds is 10. The monoisotopic (exact) mass is 557 g/mol. The molecule has 1 aromatic rings. The predicted octanol–water partition coefficient (Wildman–Crippen LogP) is 0.827. The third kappa shape index (κ3) is 6.50. The number of β-lactam (4-membered cyclic amide) rings is 1. The van der Waals surface area contributed by atoms with E-state index in [0.717, 1.165) is 11.3 Å². The molecule has 0 unspecified atom stereocenters. The third-order valence-electron chi connectivity index (χ3n) is 4.88. The molecule has 3 heterocycles. The first-order valence-corrected chi connectivity index (χ1v) is 12.9. The molecule has 3 atom stereocenters. The van der Waals surface area contributed by atoms with E-state index in [1.165, 1.54) is 43.2 Å². The molecule has 16 heteroatoms. The van der Waals surface area contributed by atoms with E-state index in [-0.39, 0.29) is 28.8 Å². The van der Waals surface area contributed by atoms with Crippen molar-refractivity contribution in [2.24, 2.45) is 5.16 Å². The highest BCUT2D eigenvalue weighted by Gasteiger charge is 2.55. The number of methoxy groups -OCH3 is 1. The van der Waals surface area contributed by atoms with Crippen molar-refractivity contribution in [2.45, 2.75) is 44.6 Å². The molecular weight excluding hydrogens is 530 g/mol. The number of nitrogens with two attached hydrogens (primary N) is 1. The molecule has 0 aromatic carbocycles. The van der Waals surface area contributed by atoms with Crippen molar-refractivity contribution in [3.8, 4) is 0 Å². The Morgan fingerprint density at radius 1 is 1.24 bits per heavy atom. The van der Waals surface area contributed by atoms with Gasteiger partial charge < -0.3 is 34.8 Å². The van der Waals surface area contributed by atoms with Crippen LogP contribution in [0.2, 0.25) is 0 Å². The number of anilines is 1. The molecule has 3 rings (SSSR count). The van der Waals surface area contributed by atoms with Gasteiger partial charge in [-0.25, -0.2) is 14.6 Å². The van der Waals surface area contributed by atoms with Gasteiger partial charge in [-0.1, -0.05) is 5.16 Å². The summed E-state index contributed by atoms with van der Waals surface area (Å²) in [5.74, 6) is -1.81. The first kappa shape index (κ1) is 28.2. The smallest absolute Gasteiger partial charge is 0.431 e. The lowest BCUT2D eigenvalue weighted by molar-refractivity contribution is -0.169. The van der Waals surface area contributed by atoms with Gasteiger partial charge in [0, 0.05) is 25.2 Å². The minimum absolute atomic E-state index is 0.0353. The molecule has 3 N–H and O–H groups in total. The minimum atomic E-state index is -1.28. The van der Waals surface area contributed by atoms with E-state index in [0.29, 0.717) is 11.3 Å². The van der Waals surface area contributed by atoms with Gasteiger partial charge in [-0.05, 0) is 19.4 Å². The second kappa shape index (κ2) is 12.2. The standard InChI is InChI=1S/C21H27N5O9S2/c1-9(2)33-21(30)35-10(3)34-19(29)15-11(6-31-4)7-36-18-14(17(28)26(15)18)24-16(27)13(25-32-5)12-8-37-20(22)23-12/h8-10,14,18H,6-7H2,1-5H3,(H2,22,23)(H,24,27)/b25-13+/t10-,14-,18-/m0/s1. The number of hydrogen-bond acceptors (Lipinski definition) is 14. The van der Waals surface area contributed by atoms with Gasteiger partial charge in [-0.2, -0.15) is 0 Å². The van der Waals surface area contributed by atoms with E-state index < -0.39 is 47.7 Å². The maximum Gasteiger partial charge on any atom is 0.511 e. The summed E-state index contributed by atoms with van der Waals surface area (Å²) < 4.78 is 20.2. The van der Waals surface area contributed by atoms with Gasteiger partial charge in [0.2, 0.25) is 6.29 Å². The highest BCUT2D eigenvalue weighted by molar-refractivity contribution is 8.00. The summed E-state index contributed by atoms with van der Waals surface area (Å²) >= 11 is 2.45. The molecule has 2 amide bonds. The van der Waals surface area contributed by atoms with Crippen molar-refractivity contribution in [3.63, 3.8) is 0 Å². The van der Waals surface area contributed by atoms with Crippen LogP contribution in [0.15, 0.2) is 21.8 Å². The predicted molar refractivity (Wildman–Crippen MR) is 132 cm³/mol. The SMILES string of the molecule is COCC1=C(C(=O)O[C@H](C)OC(=O)OC(C)C)N2C(=O)[C@H](NC(=O)/C(=N/OC)c3csc(N)n3)[C@@H]2SC1. The molecule has 1 aromatic heterocycles. The fraction of sp³-hybridized carbons (Fsp3) is 0.524. The largest absolute Gasteiger partial charge is 0.511 e. The van der Waals surface area contributed by atoms with Crippen LogP contribution in [0, 0.1) is 0 Å². The van der Waals surface area contributed by atoms with E-state index in [1.54, 1.807) is 13.8 Å². The van der Waals surface area contributed by atoms with Crippen LogP contribution in [0.1, 0.15) is 26.5 Å². The number of thioether (sulfide) groups is 1. The van der Waals surface area contributed by atoms with Crippen LogP contribution in [0.3, 0.4) is 0 Å². The molecule has 0 saturated carbocycles. The number of nitrogens with zero attached hydrogens (tertiary/aromatic N) is 3. The molecule has 2 aliphatic rings. The van der Waals surface area contributed by atoms with Crippen LogP contribution < -0.4 is 11.1 Å². The number of oxime groups is 1. The zero-order chi connectivity index (χ0) is 27.3. The Bertz CT molecular complexity index is 1120. The van der Waals surface area contributed by atoms with E-state index >= 15 is 0 Å². The van der Waals surface area contributed by atoms with Crippen LogP contribution >= 0.6 is 23.1 Å². The number of ether oxygens (including phenoxy) is 4. The Labute approximate surface area is 220 Å². The highest BCUT2D eigenvalue weighted by Crippen LogP contribution is 2.41. The molecule has 0 spiro atoms. The number of thiazole rings is 1. The van der Waals surface area contributed by atoms with Crippen molar-refractivity contribution in [1.29, 1.82) is 0 Å². The van der Waals surface area contributed by atoms with Gasteiger partial charge in [0.05, 0.1) is 12.7 Å². The van der Waals surface area contributed by atoms with Crippen LogP contribution in [0.4, 0.5) is 9.93 Å². The Kier molecular flexibility index (Phi) is 9.34. The number of carbonyl (C=O) groups excluding carboxylic acids is 4. The maximum absolute atomic E-state index is 13.1. The van der Waals surface area contributed by atoms with Crippen molar-refractivity contribution in [2.75, 3.05) is 32.3 Å². The molecule has 202 valence electrons. The number of aromatic nitrogens is 1. The Balaban J connectivity index is 1.74. The average Bonchev–Trinajstić information content (AvgIpc) is 3.25. The lowest BCUT2D eigenvalue weighted by atomic mass is 10.0. The number of hydrogen-bond donors (Lipinski definition) is 2. The van der Waals surface area contributed by atoms with Gasteiger partial charge in [0.1, 0.15) is 29.9 Å². The number of carbonyl (C=O) groups is 4. The van der Waals surface area contributed by atoms with Crippen LogP contribution in [-0.4, -0.2) is 89.9 Å². The molecule has 14 nitrogen and oxygen atoms in total. The summed E-state index contributed by atoms with van der Waals surface area (Å²) in [6.45, 7) is 4.68. The van der Waals surface area contributed by atoms with E-state index in [9.17, 15) is 19.2 Å². The number of esters is 1. The van der Waals surface area contributed by atoms with Crippen molar-refractivity contribution < 1.29 is 43.0 Å². The number of nitrogens with one attached hydrogen (secondary N) is 1. The number of amides is 2. The molecular formula is C21H27N5O9S2. The second-order valence-electron chi connectivity index (χ2n) is 7.95. The summed E-state index contributed by atoms with van der Waals surface area (Å²) in [6, 6.07) is -0.961. The summed E-state index contributed by atoms with van der Waals surface area (Å²) in [5, 5.41) is 7.49. The van der Waals surface area contributed by atoms with E-state index in [2.05, 4.69) is 15.5 Å². The lowest BCUT2D eigenvalue weighted by Crippen LogP contribution is -2.71. The first-order valence-electron chi connectivity index (χ1n) is 10.9. The van der Waals surface area contributed by atoms with Crippen LogP contribution in [-0.2, 0) is 38.2 Å². The van der Waals surface area contributed by atoms with Crippen molar-refractivity contribution in [3.05, 3.63) is 22.3 Å². The molecule has 0 bridgehead atoms. The third-order valence-corrected chi connectivity index (χ3v) is 6.89. The van der Waals surface area contributed by atoms with Gasteiger partial charge in [0.25, 0.3) is 11.8 Å². The summed E-state index contributed by atoms with van der Waals surface area (Å²) in [7, 11) is 2.71. The molecule has 0 radical (unpaired) electrons. The van der Waals surface area contributed by atoms with E-state index in [1.807, 2.05) is 0 Å². The fourth-order valence-electron chi connectivity index (χ4n) is 3.45. The molecule has 1 saturated heterocycles. The first-order chi connectivity index (χ1) is 17.6. The average molecular weight is 558 g/mol. The quantitative estimate of drug-likeness (QED) is 0.136. The highest BCUT2D eigenvalue weighted by atomic mass is 32.2. The zero-order valence-corrected chi connectivity index (χ0v) is 22.3. The molecule has 0 aliphatic carbocycles. The van der Waals surface area contributed by atoms with Gasteiger partial charge in [-0.15, -0.1) is 23.1 Å². The second-order valence-corrected chi connectivity index (χ2v) is 9.94. The Morgan fingerprint density at radius 2 is 1.97 bits per heavy atom. The zero-order valence-electron chi connectivity index (χ0n) is 20.7. The maximum atomic E-state index is 13.1. The normalized spacial score (nSPS) is 20.1. The van der Waals surface area contributed by atoms with Gasteiger partial charge >= 0.3 is 12.1 Å². The van der Waals surface area contributed by atoms with Gasteiger partial charge in [0.15, 0.2) is 10.8 Å². The molecule has 2 aliphatic heterocycles. The van der Waals surface area contributed by atoms with Crippen LogP contribution in [0.5, 0.6) is 0 Å². The van der Waals surface area contributed by atoms with Crippen molar-refractivity contribution >= 4 is 57.9 Å². The Morgan fingerprint density at radius 3 is 2.57 bits per heavy atom. The summed E-state index contributed by atoms with van der Waals surface area (Å²) in [5.41, 5.74) is 6.15. The summed E-state index contributed by atoms with van der Waals surface area (Å²) in [4.78, 5) is 60.8. The summed E-state index contributed by atoms with van der Waals surface area (Å²) in [6.07, 6.45) is -2.71. The van der Waals surface area contributed by atoms with E-state index in [4.69, 9.17) is 29.5 Å². The van der Waals surface area contributed by atoms with Crippen molar-refractivity contribution in [1.82, 2.24) is 15.2 Å². The van der Waals surface area contributed by atoms with Crippen LogP contribution in [0.25, 0.3) is 0 Å². The topological polar surface area (TPSA) is 181 Å². The van der Waals surface area contributed by atoms with Gasteiger partial charge in [-0.3, -0.25) is 14.5 Å². The number of fused-ring (bicyclic) bond motifs is 1. The molecule has 37 heavy (non-hydrogen) atoms. The fourth-order valence-corrected chi connectivity index (χ4v) is 5.32. The lowest BCUT2D eigenvalue weighted by Gasteiger charge is -2.49. The minimum Gasteiger partial charge on any atom is -0.431 e.